The summed E-state index contributed by atoms with van der Waals surface area (Å²) in [6.07, 6.45) is 66.6. The largest absolute Gasteiger partial charge is 0.472 e. The van der Waals surface area contributed by atoms with E-state index in [1.807, 2.05) is 0 Å². The van der Waals surface area contributed by atoms with Gasteiger partial charge in [0.1, 0.15) is 19.3 Å². The number of carbonyl (C=O) groups excluding carboxylic acids is 4. The van der Waals surface area contributed by atoms with E-state index in [2.05, 4.69) is 48.5 Å². The zero-order valence-electron chi connectivity index (χ0n) is 69.2. The van der Waals surface area contributed by atoms with Crippen LogP contribution in [0.4, 0.5) is 0 Å². The molecule has 0 amide bonds. The minimum atomic E-state index is -4.97. The van der Waals surface area contributed by atoms with Gasteiger partial charge in [-0.05, 0) is 43.4 Å². The van der Waals surface area contributed by atoms with E-state index in [9.17, 15) is 43.2 Å². The summed E-state index contributed by atoms with van der Waals surface area (Å²) in [6.45, 7) is 12.0. The van der Waals surface area contributed by atoms with Gasteiger partial charge in [-0.25, -0.2) is 9.13 Å². The molecule has 0 aliphatic heterocycles. The Hall–Kier alpha value is -1.94. The maximum atomic E-state index is 13.1. The van der Waals surface area contributed by atoms with E-state index in [0.29, 0.717) is 25.7 Å². The molecule has 19 heteroatoms. The molecule has 3 N–H and O–H groups in total. The number of ether oxygens (including phenoxy) is 4. The zero-order chi connectivity index (χ0) is 77.2. The van der Waals surface area contributed by atoms with Crippen LogP contribution >= 0.6 is 15.6 Å². The molecule has 0 saturated carbocycles. The smallest absolute Gasteiger partial charge is 0.462 e. The Morgan fingerprint density at radius 3 is 0.724 bits per heavy atom. The number of hydrogen-bond donors (Lipinski definition) is 3. The fourth-order valence-electron chi connectivity index (χ4n) is 13.3. The molecule has 624 valence electrons. The number of esters is 4. The number of hydrogen-bond acceptors (Lipinski definition) is 15. The van der Waals surface area contributed by atoms with Gasteiger partial charge in [0, 0.05) is 25.7 Å². The van der Waals surface area contributed by atoms with Gasteiger partial charge in [0.2, 0.25) is 0 Å². The zero-order valence-corrected chi connectivity index (χ0v) is 71.0. The van der Waals surface area contributed by atoms with Crippen LogP contribution in [0.3, 0.4) is 0 Å². The Morgan fingerprint density at radius 2 is 0.486 bits per heavy atom. The Kier molecular flexibility index (Phi) is 74.7. The first-order chi connectivity index (χ1) is 50.8. The van der Waals surface area contributed by atoms with Crippen LogP contribution in [-0.4, -0.2) is 96.7 Å². The van der Waals surface area contributed by atoms with E-state index in [-0.39, 0.29) is 25.7 Å². The third-order valence-electron chi connectivity index (χ3n) is 20.9. The molecule has 0 aliphatic carbocycles. The van der Waals surface area contributed by atoms with Crippen LogP contribution in [0.15, 0.2) is 0 Å². The monoisotopic (exact) mass is 1540 g/mol. The van der Waals surface area contributed by atoms with Crippen LogP contribution in [-0.2, 0) is 65.4 Å². The third kappa shape index (κ3) is 77.2. The predicted octanol–water partition coefficient (Wildman–Crippen LogP) is 26.1. The molecule has 0 spiro atoms. The molecule has 4 unspecified atom stereocenters. The third-order valence-corrected chi connectivity index (χ3v) is 22.8. The lowest BCUT2D eigenvalue weighted by Crippen LogP contribution is -2.30. The molecule has 0 fully saturated rings. The average molecular weight is 1540 g/mol. The quantitative estimate of drug-likeness (QED) is 0.0222. The van der Waals surface area contributed by atoms with Crippen molar-refractivity contribution < 1.29 is 80.2 Å². The highest BCUT2D eigenvalue weighted by Gasteiger charge is 2.30. The molecular formula is C86H168O17P2. The second-order valence-corrected chi connectivity index (χ2v) is 34.8. The van der Waals surface area contributed by atoms with Gasteiger partial charge in [-0.1, -0.05) is 402 Å². The molecule has 105 heavy (non-hydrogen) atoms. The van der Waals surface area contributed by atoms with E-state index >= 15 is 0 Å². The van der Waals surface area contributed by atoms with Gasteiger partial charge in [0.05, 0.1) is 26.4 Å². The minimum Gasteiger partial charge on any atom is -0.462 e. The van der Waals surface area contributed by atoms with Crippen molar-refractivity contribution in [1.82, 2.24) is 0 Å². The van der Waals surface area contributed by atoms with Gasteiger partial charge >= 0.3 is 39.5 Å². The lowest BCUT2D eigenvalue weighted by atomic mass is 9.99. The molecule has 0 heterocycles. The molecule has 0 saturated heterocycles. The summed E-state index contributed by atoms with van der Waals surface area (Å²) in [7, 11) is -9.93. The molecule has 0 aromatic heterocycles. The van der Waals surface area contributed by atoms with Gasteiger partial charge in [-0.15, -0.1) is 0 Å². The summed E-state index contributed by atoms with van der Waals surface area (Å²) in [5.41, 5.74) is 0. The standard InChI is InChI=1S/C86H168O17P2/c1-8-11-12-13-14-15-16-17-18-24-31-36-41-46-55-62-70-86(91)103-82(74-97-84(89)68-61-54-49-48-52-59-66-79(7)10-3)76-101-105(94,95)99-72-80(87)71-98-104(92,93)100-75-81(73-96-83(88)67-60-53-45-40-35-30-27-26-29-34-39-44-51-58-65-78(6)9-2)102-85(90)69-63-56-47-42-37-32-25-22-20-19-21-23-28-33-38-43-50-57-64-77(4)5/h77-82,87H,8-76H2,1-7H3,(H,92,93)(H,94,95)/t78?,79?,80-,81-,82-/m1/s1. The topological polar surface area (TPSA) is 237 Å². The van der Waals surface area contributed by atoms with Crippen molar-refractivity contribution in [3.05, 3.63) is 0 Å². The molecule has 0 aromatic carbocycles. The van der Waals surface area contributed by atoms with E-state index < -0.39 is 97.5 Å². The van der Waals surface area contributed by atoms with Gasteiger partial charge in [-0.2, -0.15) is 0 Å². The SMILES string of the molecule is CCCCCCCCCCCCCCCCCCC(=O)O[C@H](COC(=O)CCCCCCCCC(C)CC)COP(=O)(O)OC[C@H](O)COP(=O)(O)OC[C@@H](COC(=O)CCCCCCCCCCCCCCCCC(C)CC)OC(=O)CCCCCCCCCCCCCCCCCCCCC(C)C. The molecule has 0 radical (unpaired) electrons. The Bertz CT molecular complexity index is 2030. The second-order valence-electron chi connectivity index (χ2n) is 31.9. The van der Waals surface area contributed by atoms with Crippen LogP contribution in [0.2, 0.25) is 0 Å². The molecule has 0 bridgehead atoms. The van der Waals surface area contributed by atoms with Crippen molar-refractivity contribution in [3.8, 4) is 0 Å². The lowest BCUT2D eigenvalue weighted by molar-refractivity contribution is -0.161. The van der Waals surface area contributed by atoms with Crippen molar-refractivity contribution in [2.45, 2.75) is 471 Å². The number of carbonyl (C=O) groups is 4. The number of phosphoric ester groups is 2. The van der Waals surface area contributed by atoms with Crippen LogP contribution in [0.1, 0.15) is 453 Å². The highest BCUT2D eigenvalue weighted by atomic mass is 31.2. The molecule has 0 aromatic rings. The van der Waals surface area contributed by atoms with Gasteiger partial charge in [0.15, 0.2) is 12.2 Å². The van der Waals surface area contributed by atoms with Crippen LogP contribution < -0.4 is 0 Å². The summed E-state index contributed by atoms with van der Waals surface area (Å²) >= 11 is 0. The molecule has 17 nitrogen and oxygen atoms in total. The maximum Gasteiger partial charge on any atom is 0.472 e. The second kappa shape index (κ2) is 76.1. The number of aliphatic hydroxyl groups excluding tert-OH is 1. The van der Waals surface area contributed by atoms with Crippen LogP contribution in [0.5, 0.6) is 0 Å². The van der Waals surface area contributed by atoms with Crippen LogP contribution in [0, 0.1) is 17.8 Å². The summed E-state index contributed by atoms with van der Waals surface area (Å²) in [5, 5.41) is 10.7. The fraction of sp³-hybridized carbons (Fsp3) is 0.953. The van der Waals surface area contributed by atoms with Gasteiger partial charge < -0.3 is 33.8 Å². The van der Waals surface area contributed by atoms with Gasteiger partial charge in [0.25, 0.3) is 0 Å². The first-order valence-corrected chi connectivity index (χ1v) is 47.4. The normalized spacial score (nSPS) is 14.4. The first kappa shape index (κ1) is 103. The first-order valence-electron chi connectivity index (χ1n) is 44.4. The van der Waals surface area contributed by atoms with Crippen molar-refractivity contribution in [2.24, 2.45) is 17.8 Å². The molecular weight excluding hydrogens is 1370 g/mol. The maximum absolute atomic E-state index is 13.1. The molecule has 0 rings (SSSR count). The average Bonchev–Trinajstić information content (AvgIpc) is 0.925. The van der Waals surface area contributed by atoms with Gasteiger partial charge in [-0.3, -0.25) is 37.3 Å². The van der Waals surface area contributed by atoms with Crippen molar-refractivity contribution in [1.29, 1.82) is 0 Å². The highest BCUT2D eigenvalue weighted by Crippen LogP contribution is 2.45. The Balaban J connectivity index is 5.24. The number of phosphoric acid groups is 2. The van der Waals surface area contributed by atoms with E-state index in [1.54, 1.807) is 0 Å². The summed E-state index contributed by atoms with van der Waals surface area (Å²) in [6, 6.07) is 0. The summed E-state index contributed by atoms with van der Waals surface area (Å²) < 4.78 is 68.9. The van der Waals surface area contributed by atoms with Crippen molar-refractivity contribution in [3.63, 3.8) is 0 Å². The summed E-state index contributed by atoms with van der Waals surface area (Å²) in [5.74, 6) is 0.296. The van der Waals surface area contributed by atoms with Crippen LogP contribution in [0.25, 0.3) is 0 Å². The molecule has 0 aliphatic rings. The van der Waals surface area contributed by atoms with E-state index in [4.69, 9.17) is 37.0 Å². The number of unbranched alkanes of at least 4 members (excludes halogenated alkanes) is 50. The number of aliphatic hydroxyl groups is 1. The van der Waals surface area contributed by atoms with Crippen molar-refractivity contribution >= 4 is 39.5 Å². The highest BCUT2D eigenvalue weighted by molar-refractivity contribution is 7.47. The Morgan fingerprint density at radius 1 is 0.276 bits per heavy atom. The lowest BCUT2D eigenvalue weighted by Gasteiger charge is -2.21. The predicted molar refractivity (Wildman–Crippen MR) is 432 cm³/mol. The van der Waals surface area contributed by atoms with E-state index in [0.717, 1.165) is 114 Å². The Labute approximate surface area is 645 Å². The summed E-state index contributed by atoms with van der Waals surface area (Å²) in [4.78, 5) is 73.2. The minimum absolute atomic E-state index is 0.107. The fourth-order valence-corrected chi connectivity index (χ4v) is 14.9. The number of rotatable bonds is 84. The molecule has 7 atom stereocenters. The van der Waals surface area contributed by atoms with Crippen molar-refractivity contribution in [2.75, 3.05) is 39.6 Å². The van der Waals surface area contributed by atoms with E-state index in [1.165, 1.54) is 257 Å².